The van der Waals surface area contributed by atoms with Gasteiger partial charge in [0.15, 0.2) is 5.75 Å². The summed E-state index contributed by atoms with van der Waals surface area (Å²) >= 11 is -1.50. The maximum atomic E-state index is 13.0. The predicted molar refractivity (Wildman–Crippen MR) is 98.9 cm³/mol. The van der Waals surface area contributed by atoms with Gasteiger partial charge in [-0.15, -0.1) is 0 Å². The lowest BCUT2D eigenvalue weighted by atomic mass is 10.1. The predicted octanol–water partition coefficient (Wildman–Crippen LogP) is 2.32. The van der Waals surface area contributed by atoms with Crippen molar-refractivity contribution < 1.29 is 19.1 Å². The molecular weight excluding hydrogens is 354 g/mol. The van der Waals surface area contributed by atoms with Gasteiger partial charge >= 0.3 is 5.16 Å². The van der Waals surface area contributed by atoms with E-state index in [4.69, 9.17) is 9.47 Å². The zero-order valence-corrected chi connectivity index (χ0v) is 16.0. The fourth-order valence-electron chi connectivity index (χ4n) is 2.98. The maximum absolute atomic E-state index is 13.0. The van der Waals surface area contributed by atoms with Crippen LogP contribution in [0, 0.1) is 13.8 Å². The molecule has 0 fully saturated rings. The van der Waals surface area contributed by atoms with E-state index in [1.165, 1.54) is 4.57 Å². The number of hydrogen-bond acceptors (Lipinski definition) is 6. The van der Waals surface area contributed by atoms with Crippen molar-refractivity contribution in [1.29, 1.82) is 0 Å². The Morgan fingerprint density at radius 1 is 1.23 bits per heavy atom. The van der Waals surface area contributed by atoms with Gasteiger partial charge in [0, 0.05) is 28.5 Å². The Labute approximate surface area is 154 Å². The van der Waals surface area contributed by atoms with Crippen molar-refractivity contribution in [3.63, 3.8) is 0 Å². The summed E-state index contributed by atoms with van der Waals surface area (Å²) in [4.78, 5) is 8.86. The average Bonchev–Trinajstić information content (AvgIpc) is 3.03. The van der Waals surface area contributed by atoms with E-state index >= 15 is 0 Å². The molecule has 1 N–H and O–H groups in total. The fraction of sp³-hybridized carbons (Fsp3) is 0.333. The minimum atomic E-state index is -1.50. The molecule has 0 aliphatic carbocycles. The normalized spacial score (nSPS) is 12.4. The molecule has 0 bridgehead atoms. The topological polar surface area (TPSA) is 92.5 Å². The second kappa shape index (κ2) is 7.53. The summed E-state index contributed by atoms with van der Waals surface area (Å²) in [5, 5.41) is 10.1. The van der Waals surface area contributed by atoms with Crippen molar-refractivity contribution in [1.82, 2.24) is 14.5 Å². The number of aliphatic hydroxyl groups is 1. The summed E-state index contributed by atoms with van der Waals surface area (Å²) in [6, 6.07) is 5.39. The van der Waals surface area contributed by atoms with Crippen molar-refractivity contribution in [2.24, 2.45) is 0 Å². The highest BCUT2D eigenvalue weighted by Crippen LogP contribution is 2.30. The molecule has 0 saturated heterocycles. The number of pyridine rings is 1. The number of hydrogen-bond donors (Lipinski definition) is 1. The van der Waals surface area contributed by atoms with E-state index in [2.05, 4.69) is 9.97 Å². The third-order valence-electron chi connectivity index (χ3n) is 4.29. The molecule has 0 saturated carbocycles. The lowest BCUT2D eigenvalue weighted by Gasteiger charge is -2.14. The number of ether oxygens (including phenoxy) is 2. The summed E-state index contributed by atoms with van der Waals surface area (Å²) in [6.45, 7) is 3.48. The smallest absolute Gasteiger partial charge is 0.326 e. The molecule has 3 aromatic rings. The molecular formula is C18H21N3O4S. The third-order valence-corrected chi connectivity index (χ3v) is 5.54. The van der Waals surface area contributed by atoms with E-state index in [-0.39, 0.29) is 17.6 Å². The van der Waals surface area contributed by atoms with Crippen LogP contribution in [0.1, 0.15) is 16.8 Å². The average molecular weight is 375 g/mol. The van der Waals surface area contributed by atoms with Crippen molar-refractivity contribution in [2.45, 2.75) is 31.5 Å². The summed E-state index contributed by atoms with van der Waals surface area (Å²) in [7, 11) is 3.16. The molecule has 138 valence electrons. The molecule has 0 amide bonds. The number of aromatic nitrogens is 3. The first-order chi connectivity index (χ1) is 12.5. The number of imidazole rings is 1. The van der Waals surface area contributed by atoms with Gasteiger partial charge in [0.25, 0.3) is 0 Å². The molecule has 3 rings (SSSR count). The van der Waals surface area contributed by atoms with E-state index in [0.29, 0.717) is 22.5 Å². The van der Waals surface area contributed by atoms with Crippen LogP contribution in [-0.2, 0) is 23.7 Å². The van der Waals surface area contributed by atoms with Gasteiger partial charge < -0.3 is 19.1 Å². The first kappa shape index (κ1) is 18.5. The number of nitrogens with zero attached hydrogens (tertiary/aromatic N) is 3. The number of para-hydroxylation sites is 1. The van der Waals surface area contributed by atoms with Crippen molar-refractivity contribution >= 4 is 22.2 Å². The van der Waals surface area contributed by atoms with Crippen LogP contribution in [0.5, 0.6) is 11.5 Å². The third kappa shape index (κ3) is 3.11. The van der Waals surface area contributed by atoms with Crippen molar-refractivity contribution in [3.8, 4) is 11.5 Å². The quantitative estimate of drug-likeness (QED) is 0.665. The largest absolute Gasteiger partial charge is 0.609 e. The summed E-state index contributed by atoms with van der Waals surface area (Å²) in [6.07, 6.45) is 1.70. The highest BCUT2D eigenvalue weighted by molar-refractivity contribution is 7.90. The Morgan fingerprint density at radius 2 is 2.00 bits per heavy atom. The monoisotopic (exact) mass is 375 g/mol. The Kier molecular flexibility index (Phi) is 5.36. The first-order valence-corrected chi connectivity index (χ1v) is 9.35. The molecule has 7 nitrogen and oxygen atoms in total. The molecule has 0 radical (unpaired) electrons. The first-order valence-electron chi connectivity index (χ1n) is 8.03. The Balaban J connectivity index is 2.02. The van der Waals surface area contributed by atoms with Gasteiger partial charge in [0.1, 0.15) is 23.7 Å². The van der Waals surface area contributed by atoms with Crippen LogP contribution >= 0.6 is 0 Å². The van der Waals surface area contributed by atoms with Gasteiger partial charge in [-0.2, -0.15) is 4.98 Å². The SMILES string of the molecule is COc1c(C)cnc(C[S+]([O-])c2nc3c(OC)cccc3n2CO)c1C. The van der Waals surface area contributed by atoms with Crippen LogP contribution in [-0.4, -0.2) is 38.4 Å². The Hall–Kier alpha value is -2.29. The van der Waals surface area contributed by atoms with Gasteiger partial charge in [-0.1, -0.05) is 6.07 Å². The second-order valence-electron chi connectivity index (χ2n) is 5.83. The minimum absolute atomic E-state index is 0.175. The molecule has 2 heterocycles. The molecule has 26 heavy (non-hydrogen) atoms. The lowest BCUT2D eigenvalue weighted by molar-refractivity contribution is 0.203. The number of methoxy groups -OCH3 is 2. The van der Waals surface area contributed by atoms with Gasteiger partial charge in [-0.05, 0) is 26.0 Å². The van der Waals surface area contributed by atoms with Crippen molar-refractivity contribution in [2.75, 3.05) is 14.2 Å². The zero-order valence-electron chi connectivity index (χ0n) is 15.1. The minimum Gasteiger partial charge on any atom is -0.609 e. The molecule has 1 unspecified atom stereocenters. The number of rotatable bonds is 6. The number of benzene rings is 1. The Bertz CT molecular complexity index is 942. The highest BCUT2D eigenvalue weighted by Gasteiger charge is 2.25. The van der Waals surface area contributed by atoms with Crippen LogP contribution in [0.2, 0.25) is 0 Å². The second-order valence-corrected chi connectivity index (χ2v) is 7.17. The number of aliphatic hydroxyl groups excluding tert-OH is 1. The van der Waals surface area contributed by atoms with E-state index in [1.54, 1.807) is 38.6 Å². The maximum Gasteiger partial charge on any atom is 0.326 e. The van der Waals surface area contributed by atoms with E-state index in [9.17, 15) is 9.66 Å². The van der Waals surface area contributed by atoms with Crippen LogP contribution in [0.4, 0.5) is 0 Å². The molecule has 0 aliphatic heterocycles. The van der Waals surface area contributed by atoms with Gasteiger partial charge in [-0.3, -0.25) is 9.55 Å². The molecule has 2 aromatic heterocycles. The van der Waals surface area contributed by atoms with Crippen LogP contribution in [0.25, 0.3) is 11.0 Å². The van der Waals surface area contributed by atoms with Crippen LogP contribution < -0.4 is 9.47 Å². The highest BCUT2D eigenvalue weighted by atomic mass is 32.2. The fourth-order valence-corrected chi connectivity index (χ4v) is 4.24. The van der Waals surface area contributed by atoms with E-state index in [0.717, 1.165) is 16.9 Å². The van der Waals surface area contributed by atoms with Crippen molar-refractivity contribution in [3.05, 3.63) is 41.2 Å². The van der Waals surface area contributed by atoms with Gasteiger partial charge in [0.2, 0.25) is 0 Å². The number of aryl methyl sites for hydroxylation is 1. The number of fused-ring (bicyclic) bond motifs is 1. The molecule has 0 spiro atoms. The molecule has 0 aliphatic rings. The summed E-state index contributed by atoms with van der Waals surface area (Å²) in [5.74, 6) is 1.48. The summed E-state index contributed by atoms with van der Waals surface area (Å²) in [5.41, 5.74) is 3.69. The standard InChI is InChI=1S/C18H21N3O4S/c1-11-8-19-13(12(2)17(11)25-4)9-26(23)18-20-16-14(21(18)10-22)6-5-7-15(16)24-3/h5-8,22H,9-10H2,1-4H3. The lowest BCUT2D eigenvalue weighted by Crippen LogP contribution is -2.15. The van der Waals surface area contributed by atoms with E-state index < -0.39 is 11.2 Å². The van der Waals surface area contributed by atoms with Gasteiger partial charge in [-0.25, -0.2) is 0 Å². The van der Waals surface area contributed by atoms with Crippen LogP contribution in [0.15, 0.2) is 29.6 Å². The molecule has 1 aromatic carbocycles. The molecule has 8 heteroatoms. The zero-order chi connectivity index (χ0) is 18.8. The van der Waals surface area contributed by atoms with E-state index in [1.807, 2.05) is 13.8 Å². The summed E-state index contributed by atoms with van der Waals surface area (Å²) < 4.78 is 25.2. The van der Waals surface area contributed by atoms with Gasteiger partial charge in [0.05, 0.1) is 25.4 Å². The molecule has 1 atom stereocenters. The van der Waals surface area contributed by atoms with Crippen LogP contribution in [0.3, 0.4) is 0 Å². The Morgan fingerprint density at radius 3 is 2.65 bits per heavy atom.